The van der Waals surface area contributed by atoms with Crippen molar-refractivity contribution in [3.63, 3.8) is 0 Å². The molecule has 4 aromatic rings. The minimum atomic E-state index is -0.464. The number of hydrogen-bond donors (Lipinski definition) is 1. The topological polar surface area (TPSA) is 128 Å². The van der Waals surface area contributed by atoms with Gasteiger partial charge in [-0.15, -0.1) is 21.5 Å². The molecule has 172 valence electrons. The molecule has 33 heavy (non-hydrogen) atoms. The summed E-state index contributed by atoms with van der Waals surface area (Å²) >= 11 is 2.87. The van der Waals surface area contributed by atoms with E-state index in [1.165, 1.54) is 23.9 Å². The number of rotatable bonds is 8. The van der Waals surface area contributed by atoms with Crippen LogP contribution < -0.4 is 5.56 Å². The number of fused-ring (bicyclic) bond motifs is 1. The molecule has 9 nitrogen and oxygen atoms in total. The lowest BCUT2D eigenvalue weighted by atomic mass is 9.98. The second-order valence-electron chi connectivity index (χ2n) is 7.92. The monoisotopic (exact) mass is 485 g/mol. The molecule has 0 saturated heterocycles. The van der Waals surface area contributed by atoms with Crippen LogP contribution in [0.4, 0.5) is 5.69 Å². The van der Waals surface area contributed by atoms with E-state index >= 15 is 0 Å². The second kappa shape index (κ2) is 9.44. The van der Waals surface area contributed by atoms with Gasteiger partial charge in [0.15, 0.2) is 5.16 Å². The van der Waals surface area contributed by atoms with E-state index in [1.807, 2.05) is 13.8 Å². The maximum Gasteiger partial charge on any atom is 0.269 e. The van der Waals surface area contributed by atoms with Gasteiger partial charge in [0.2, 0.25) is 11.8 Å². The van der Waals surface area contributed by atoms with Crippen molar-refractivity contribution in [2.45, 2.75) is 50.9 Å². The van der Waals surface area contributed by atoms with Crippen molar-refractivity contribution in [3.8, 4) is 11.5 Å². The Morgan fingerprint density at radius 3 is 2.64 bits per heavy atom. The molecule has 0 aliphatic heterocycles. The minimum Gasteiger partial charge on any atom is -0.419 e. The normalized spacial score (nSPS) is 13.3. The number of nitrogens with one attached hydrogen (secondary N) is 1. The number of non-ortho nitro benzene ring substituents is 1. The quantitative estimate of drug-likeness (QED) is 0.146. The van der Waals surface area contributed by atoms with E-state index in [9.17, 15) is 14.9 Å². The second-order valence-corrected chi connectivity index (χ2v) is 10.4. The maximum absolute atomic E-state index is 12.9. The van der Waals surface area contributed by atoms with E-state index in [4.69, 9.17) is 4.42 Å². The number of aromatic nitrogens is 4. The summed E-state index contributed by atoms with van der Waals surface area (Å²) in [6, 6.07) is 5.91. The highest BCUT2D eigenvalue weighted by Crippen LogP contribution is 2.35. The Hall–Kier alpha value is -3.05. The standard InChI is InChI=1S/C22H23N5O4S2/c1-5-11(2)10-16-12(3)32-21-17(16)18(28)23-22(24-21)33-13(4)19-25-26-20(31-19)14-6-8-15(9-7-14)27(29)30/h6-9,11,13H,5,10H2,1-4H3,(H,23,24,28). The van der Waals surface area contributed by atoms with Crippen molar-refractivity contribution in [1.82, 2.24) is 20.2 Å². The Kier molecular flexibility index (Phi) is 6.61. The highest BCUT2D eigenvalue weighted by molar-refractivity contribution is 7.99. The summed E-state index contributed by atoms with van der Waals surface area (Å²) in [5.74, 6) is 1.14. The summed E-state index contributed by atoms with van der Waals surface area (Å²) in [5.41, 5.74) is 1.54. The molecular formula is C22H23N5O4S2. The first-order valence-electron chi connectivity index (χ1n) is 10.5. The van der Waals surface area contributed by atoms with E-state index in [-0.39, 0.29) is 22.4 Å². The van der Waals surface area contributed by atoms with Crippen LogP contribution in [-0.2, 0) is 6.42 Å². The predicted molar refractivity (Wildman–Crippen MR) is 129 cm³/mol. The molecule has 3 heterocycles. The molecule has 0 amide bonds. The van der Waals surface area contributed by atoms with Gasteiger partial charge in [-0.2, -0.15) is 0 Å². The summed E-state index contributed by atoms with van der Waals surface area (Å²) in [7, 11) is 0. The van der Waals surface area contributed by atoms with Crippen LogP contribution in [0.25, 0.3) is 21.7 Å². The summed E-state index contributed by atoms with van der Waals surface area (Å²) in [6.45, 7) is 8.26. The van der Waals surface area contributed by atoms with Gasteiger partial charge in [-0.05, 0) is 43.9 Å². The molecule has 0 aliphatic carbocycles. The zero-order valence-corrected chi connectivity index (χ0v) is 20.2. The van der Waals surface area contributed by atoms with Crippen molar-refractivity contribution >= 4 is 39.0 Å². The molecule has 0 spiro atoms. The fourth-order valence-electron chi connectivity index (χ4n) is 3.41. The van der Waals surface area contributed by atoms with Crippen LogP contribution in [-0.4, -0.2) is 25.1 Å². The molecule has 3 aromatic heterocycles. The van der Waals surface area contributed by atoms with Crippen molar-refractivity contribution in [2.75, 3.05) is 0 Å². The molecule has 0 radical (unpaired) electrons. The zero-order chi connectivity index (χ0) is 23.7. The highest BCUT2D eigenvalue weighted by Gasteiger charge is 2.21. The Labute approximate surface area is 197 Å². The van der Waals surface area contributed by atoms with Crippen LogP contribution in [0.1, 0.15) is 48.8 Å². The van der Waals surface area contributed by atoms with E-state index in [2.05, 4.69) is 34.0 Å². The fraction of sp³-hybridized carbons (Fsp3) is 0.364. The average Bonchev–Trinajstić information content (AvgIpc) is 3.39. The van der Waals surface area contributed by atoms with E-state index in [0.29, 0.717) is 27.9 Å². The minimum absolute atomic E-state index is 0.0102. The molecule has 2 unspecified atom stereocenters. The maximum atomic E-state index is 12.9. The lowest BCUT2D eigenvalue weighted by Crippen LogP contribution is -2.11. The SMILES string of the molecule is CCC(C)Cc1c(C)sc2nc(SC(C)c3nnc(-c4ccc([N+](=O)[O-])cc4)o3)[nH]c(=O)c12. The smallest absolute Gasteiger partial charge is 0.269 e. The summed E-state index contributed by atoms with van der Waals surface area (Å²) in [6.07, 6.45) is 1.92. The Bertz CT molecular complexity index is 1360. The largest absolute Gasteiger partial charge is 0.419 e. The predicted octanol–water partition coefficient (Wildman–Crippen LogP) is 5.69. The highest BCUT2D eigenvalue weighted by atomic mass is 32.2. The number of nitro groups is 1. The molecule has 0 aliphatic rings. The summed E-state index contributed by atoms with van der Waals surface area (Å²) < 4.78 is 5.77. The van der Waals surface area contributed by atoms with Crippen LogP contribution >= 0.6 is 23.1 Å². The summed E-state index contributed by atoms with van der Waals surface area (Å²) in [5, 5.41) is 19.9. The van der Waals surface area contributed by atoms with Crippen LogP contribution in [0.5, 0.6) is 0 Å². The van der Waals surface area contributed by atoms with Crippen molar-refractivity contribution in [2.24, 2.45) is 5.92 Å². The third-order valence-electron chi connectivity index (χ3n) is 5.49. The third-order valence-corrected chi connectivity index (χ3v) is 7.51. The van der Waals surface area contributed by atoms with E-state index in [0.717, 1.165) is 28.1 Å². The first-order valence-corrected chi connectivity index (χ1v) is 12.2. The molecule has 2 atom stereocenters. The number of hydrogen-bond acceptors (Lipinski definition) is 9. The van der Waals surface area contributed by atoms with Crippen LogP contribution in [0.3, 0.4) is 0 Å². The van der Waals surface area contributed by atoms with E-state index < -0.39 is 4.92 Å². The molecule has 0 fully saturated rings. The molecule has 0 saturated carbocycles. The number of benzene rings is 1. The Morgan fingerprint density at radius 2 is 1.97 bits per heavy atom. The Morgan fingerprint density at radius 1 is 1.24 bits per heavy atom. The van der Waals surface area contributed by atoms with Gasteiger partial charge < -0.3 is 9.40 Å². The summed E-state index contributed by atoms with van der Waals surface area (Å²) in [4.78, 5) is 32.7. The molecule has 0 bridgehead atoms. The van der Waals surface area contributed by atoms with Crippen molar-refractivity contribution in [1.29, 1.82) is 0 Å². The van der Waals surface area contributed by atoms with Gasteiger partial charge in [-0.25, -0.2) is 4.98 Å². The molecule has 4 rings (SSSR count). The number of nitro benzene ring substituents is 1. The fourth-order valence-corrected chi connectivity index (χ4v) is 5.35. The van der Waals surface area contributed by atoms with Gasteiger partial charge in [0.1, 0.15) is 4.83 Å². The number of thiophene rings is 1. The number of aromatic amines is 1. The molecule has 1 N–H and O–H groups in total. The lowest BCUT2D eigenvalue weighted by molar-refractivity contribution is -0.384. The first-order chi connectivity index (χ1) is 15.8. The van der Waals surface area contributed by atoms with Gasteiger partial charge >= 0.3 is 0 Å². The van der Waals surface area contributed by atoms with Crippen molar-refractivity contribution in [3.05, 3.63) is 61.1 Å². The van der Waals surface area contributed by atoms with Gasteiger partial charge in [-0.1, -0.05) is 32.0 Å². The number of H-pyrrole nitrogens is 1. The van der Waals surface area contributed by atoms with Crippen LogP contribution in [0.2, 0.25) is 0 Å². The van der Waals surface area contributed by atoms with Gasteiger partial charge in [0, 0.05) is 22.6 Å². The zero-order valence-electron chi connectivity index (χ0n) is 18.6. The average molecular weight is 486 g/mol. The Balaban J connectivity index is 1.55. The van der Waals surface area contributed by atoms with Crippen LogP contribution in [0.15, 0.2) is 38.6 Å². The number of aryl methyl sites for hydroxylation is 1. The number of thioether (sulfide) groups is 1. The van der Waals surface area contributed by atoms with Crippen molar-refractivity contribution < 1.29 is 9.34 Å². The first kappa shape index (κ1) is 23.1. The van der Waals surface area contributed by atoms with Gasteiger partial charge in [0.25, 0.3) is 11.2 Å². The third kappa shape index (κ3) is 4.83. The lowest BCUT2D eigenvalue weighted by Gasteiger charge is -2.08. The number of nitrogens with zero attached hydrogens (tertiary/aromatic N) is 4. The van der Waals surface area contributed by atoms with Gasteiger partial charge in [-0.3, -0.25) is 14.9 Å². The van der Waals surface area contributed by atoms with Gasteiger partial charge in [0.05, 0.1) is 15.6 Å². The molecular weight excluding hydrogens is 462 g/mol. The van der Waals surface area contributed by atoms with E-state index in [1.54, 1.807) is 23.5 Å². The van der Waals surface area contributed by atoms with Crippen LogP contribution in [0, 0.1) is 23.0 Å². The molecule has 11 heteroatoms. The molecule has 1 aromatic carbocycles.